The van der Waals surface area contributed by atoms with Crippen LogP contribution in [0, 0.1) is 0 Å². The summed E-state index contributed by atoms with van der Waals surface area (Å²) in [7, 11) is 1.49. The van der Waals surface area contributed by atoms with Crippen LogP contribution in [0.5, 0.6) is 0 Å². The Kier molecular flexibility index (Phi) is 8.25. The lowest BCUT2D eigenvalue weighted by atomic mass is 10.1. The lowest BCUT2D eigenvalue weighted by Crippen LogP contribution is -2.19. The Bertz CT molecular complexity index is 437. The van der Waals surface area contributed by atoms with Crippen LogP contribution in [0.25, 0.3) is 6.08 Å². The first kappa shape index (κ1) is 17.3. The fourth-order valence-electron chi connectivity index (χ4n) is 2.08. The summed E-state index contributed by atoms with van der Waals surface area (Å²) in [5, 5.41) is 0. The second-order valence-corrected chi connectivity index (χ2v) is 5.05. The highest BCUT2D eigenvalue weighted by atomic mass is 16.6. The van der Waals surface area contributed by atoms with Gasteiger partial charge in [0.25, 0.3) is 0 Å². The molecule has 1 unspecified atom stereocenters. The molecule has 0 saturated heterocycles. The van der Waals surface area contributed by atoms with Crippen LogP contribution in [-0.4, -0.2) is 19.2 Å². The van der Waals surface area contributed by atoms with E-state index < -0.39 is 0 Å². The lowest BCUT2D eigenvalue weighted by molar-refractivity contribution is -0.148. The molecule has 1 rings (SSSR count). The van der Waals surface area contributed by atoms with Crippen LogP contribution >= 0.6 is 0 Å². The third-order valence-electron chi connectivity index (χ3n) is 3.38. The molecule has 0 heterocycles. The highest BCUT2D eigenvalue weighted by molar-refractivity contribution is 5.91. The highest BCUT2D eigenvalue weighted by Gasteiger charge is 2.17. The van der Waals surface area contributed by atoms with E-state index in [1.54, 1.807) is 6.08 Å². The zero-order valence-corrected chi connectivity index (χ0v) is 13.3. The molecule has 0 amide bonds. The van der Waals surface area contributed by atoms with Crippen LogP contribution in [0.15, 0.2) is 36.1 Å². The van der Waals surface area contributed by atoms with Crippen molar-refractivity contribution in [3.63, 3.8) is 0 Å². The second-order valence-electron chi connectivity index (χ2n) is 5.05. The molecular weight excluding hydrogens is 264 g/mol. The maximum atomic E-state index is 12.2. The molecule has 0 spiro atoms. The van der Waals surface area contributed by atoms with Gasteiger partial charge in [-0.05, 0) is 30.9 Å². The van der Waals surface area contributed by atoms with E-state index in [0.29, 0.717) is 0 Å². The molecule has 1 atom stereocenters. The summed E-state index contributed by atoms with van der Waals surface area (Å²) < 4.78 is 10.7. The van der Waals surface area contributed by atoms with Crippen molar-refractivity contribution < 1.29 is 14.3 Å². The summed E-state index contributed by atoms with van der Waals surface area (Å²) in [5.41, 5.74) is 0.922. The van der Waals surface area contributed by atoms with E-state index in [1.165, 1.54) is 20.0 Å². The number of carbonyl (C=O) groups excluding carboxylic acids is 1. The molecule has 0 aliphatic carbocycles. The van der Waals surface area contributed by atoms with Crippen molar-refractivity contribution >= 4 is 12.0 Å². The molecule has 116 valence electrons. The Balaban J connectivity index is 2.63. The minimum Gasteiger partial charge on any atom is -0.490 e. The summed E-state index contributed by atoms with van der Waals surface area (Å²) in [6, 6.07) is 9.62. The summed E-state index contributed by atoms with van der Waals surface area (Å²) >= 11 is 0. The van der Waals surface area contributed by atoms with E-state index in [9.17, 15) is 4.79 Å². The number of rotatable bonds is 9. The van der Waals surface area contributed by atoms with Gasteiger partial charge >= 0.3 is 5.97 Å². The second kappa shape index (κ2) is 10.0. The molecule has 3 nitrogen and oxygen atoms in total. The molecular formula is C18H26O3. The molecule has 0 N–H and O–H groups in total. The van der Waals surface area contributed by atoms with Crippen LogP contribution in [0.4, 0.5) is 0 Å². The molecule has 0 aliphatic heterocycles. The van der Waals surface area contributed by atoms with Crippen molar-refractivity contribution in [3.8, 4) is 0 Å². The Hall–Kier alpha value is -1.77. The van der Waals surface area contributed by atoms with Crippen LogP contribution in [-0.2, 0) is 14.3 Å². The number of hydrogen-bond acceptors (Lipinski definition) is 3. The monoisotopic (exact) mass is 290 g/mol. The van der Waals surface area contributed by atoms with Gasteiger partial charge in [-0.15, -0.1) is 0 Å². The van der Waals surface area contributed by atoms with Crippen LogP contribution in [0.3, 0.4) is 0 Å². The van der Waals surface area contributed by atoms with E-state index in [-0.39, 0.29) is 17.8 Å². The standard InChI is InChI=1S/C18H26O3/c1-4-6-8-13-16(5-2)21-18(19)17(20-3)14-15-11-9-7-10-12-15/h7,9-12,14,16H,4-6,8,13H2,1-3H3/b17-14-. The molecule has 0 fully saturated rings. The molecule has 1 aromatic carbocycles. The summed E-state index contributed by atoms with van der Waals surface area (Å²) in [6.45, 7) is 4.20. The summed E-state index contributed by atoms with van der Waals surface area (Å²) in [4.78, 5) is 12.2. The predicted molar refractivity (Wildman–Crippen MR) is 85.7 cm³/mol. The fraction of sp³-hybridized carbons (Fsp3) is 0.500. The third kappa shape index (κ3) is 6.48. The van der Waals surface area contributed by atoms with Crippen molar-refractivity contribution in [2.75, 3.05) is 7.11 Å². The molecule has 0 bridgehead atoms. The van der Waals surface area contributed by atoms with Gasteiger partial charge in [0.15, 0.2) is 0 Å². The molecule has 0 radical (unpaired) electrons. The minimum absolute atomic E-state index is 0.0293. The van der Waals surface area contributed by atoms with Gasteiger partial charge in [0, 0.05) is 0 Å². The topological polar surface area (TPSA) is 35.5 Å². The number of ether oxygens (including phenoxy) is 2. The SMILES string of the molecule is CCCCCC(CC)OC(=O)/C(=C/c1ccccc1)OC. The predicted octanol–water partition coefficient (Wildman–Crippen LogP) is 4.58. The first-order valence-electron chi connectivity index (χ1n) is 7.73. The number of hydrogen-bond donors (Lipinski definition) is 0. The van der Waals surface area contributed by atoms with Gasteiger partial charge in [0.1, 0.15) is 6.10 Å². The Morgan fingerprint density at radius 2 is 1.90 bits per heavy atom. The average Bonchev–Trinajstić information content (AvgIpc) is 2.52. The van der Waals surface area contributed by atoms with Crippen molar-refractivity contribution in [2.45, 2.75) is 52.1 Å². The van der Waals surface area contributed by atoms with Crippen molar-refractivity contribution in [2.24, 2.45) is 0 Å². The zero-order valence-electron chi connectivity index (χ0n) is 13.3. The first-order valence-corrected chi connectivity index (χ1v) is 7.73. The molecule has 1 aromatic rings. The Morgan fingerprint density at radius 3 is 2.48 bits per heavy atom. The van der Waals surface area contributed by atoms with Gasteiger partial charge in [-0.25, -0.2) is 4.79 Å². The smallest absolute Gasteiger partial charge is 0.373 e. The number of esters is 1. The van der Waals surface area contributed by atoms with Gasteiger partial charge in [0.2, 0.25) is 5.76 Å². The number of unbranched alkanes of at least 4 members (excludes halogenated alkanes) is 2. The van der Waals surface area contributed by atoms with E-state index in [4.69, 9.17) is 9.47 Å². The molecule has 3 heteroatoms. The molecule has 0 aliphatic rings. The fourth-order valence-corrected chi connectivity index (χ4v) is 2.08. The van der Waals surface area contributed by atoms with E-state index in [0.717, 1.165) is 24.8 Å². The van der Waals surface area contributed by atoms with Crippen LogP contribution in [0.2, 0.25) is 0 Å². The van der Waals surface area contributed by atoms with Crippen molar-refractivity contribution in [3.05, 3.63) is 41.7 Å². The van der Waals surface area contributed by atoms with Crippen molar-refractivity contribution in [1.29, 1.82) is 0 Å². The normalized spacial score (nSPS) is 12.8. The van der Waals surface area contributed by atoms with Gasteiger partial charge in [-0.2, -0.15) is 0 Å². The van der Waals surface area contributed by atoms with E-state index >= 15 is 0 Å². The first-order chi connectivity index (χ1) is 10.2. The van der Waals surface area contributed by atoms with E-state index in [1.807, 2.05) is 37.3 Å². The van der Waals surface area contributed by atoms with Gasteiger partial charge in [-0.1, -0.05) is 57.0 Å². The zero-order chi connectivity index (χ0) is 15.5. The molecule has 0 saturated carbocycles. The third-order valence-corrected chi connectivity index (χ3v) is 3.38. The number of benzene rings is 1. The van der Waals surface area contributed by atoms with Crippen LogP contribution in [0.1, 0.15) is 51.5 Å². The molecule has 0 aromatic heterocycles. The van der Waals surface area contributed by atoms with Crippen LogP contribution < -0.4 is 0 Å². The lowest BCUT2D eigenvalue weighted by Gasteiger charge is -2.16. The minimum atomic E-state index is -0.385. The van der Waals surface area contributed by atoms with Gasteiger partial charge < -0.3 is 9.47 Å². The maximum absolute atomic E-state index is 12.2. The Labute approximate surface area is 128 Å². The number of methoxy groups -OCH3 is 1. The van der Waals surface area contributed by atoms with Gasteiger partial charge in [-0.3, -0.25) is 0 Å². The quantitative estimate of drug-likeness (QED) is 0.289. The Morgan fingerprint density at radius 1 is 1.19 bits per heavy atom. The molecule has 21 heavy (non-hydrogen) atoms. The van der Waals surface area contributed by atoms with Gasteiger partial charge in [0.05, 0.1) is 7.11 Å². The van der Waals surface area contributed by atoms with Crippen molar-refractivity contribution in [1.82, 2.24) is 0 Å². The average molecular weight is 290 g/mol. The largest absolute Gasteiger partial charge is 0.490 e. The summed E-state index contributed by atoms with van der Waals surface area (Å²) in [6.07, 6.45) is 6.86. The number of carbonyl (C=O) groups is 1. The highest BCUT2D eigenvalue weighted by Crippen LogP contribution is 2.14. The maximum Gasteiger partial charge on any atom is 0.373 e. The summed E-state index contributed by atoms with van der Waals surface area (Å²) in [5.74, 6) is -0.139. The van der Waals surface area contributed by atoms with E-state index in [2.05, 4.69) is 6.92 Å².